The quantitative estimate of drug-likeness (QED) is 0.405. The second-order valence-electron chi connectivity index (χ2n) is 8.94. The Morgan fingerprint density at radius 1 is 1.06 bits per heavy atom. The third kappa shape index (κ3) is 5.30. The lowest BCUT2D eigenvalue weighted by molar-refractivity contribution is 0.0782. The Balaban J connectivity index is 1.56. The molecule has 0 fully saturated rings. The first kappa shape index (κ1) is 24.7. The Hall–Kier alpha value is -4.40. The van der Waals surface area contributed by atoms with Crippen LogP contribution >= 0.6 is 0 Å². The maximum Gasteiger partial charge on any atom is 0.259 e. The fourth-order valence-electron chi connectivity index (χ4n) is 3.82. The number of nitrogens with one attached hydrogen (secondary N) is 1. The summed E-state index contributed by atoms with van der Waals surface area (Å²) in [5, 5.41) is 6.99. The van der Waals surface area contributed by atoms with Crippen LogP contribution in [0.5, 0.6) is 0 Å². The predicted molar refractivity (Wildman–Crippen MR) is 135 cm³/mol. The summed E-state index contributed by atoms with van der Waals surface area (Å²) in [7, 11) is 1.63. The minimum Gasteiger partial charge on any atom is -0.467 e. The topological polar surface area (TPSA) is 102 Å². The largest absolute Gasteiger partial charge is 0.467 e. The lowest BCUT2D eigenvalue weighted by atomic mass is 10.1. The number of hydrogen-bond donors (Lipinski definition) is 1. The molecule has 36 heavy (non-hydrogen) atoms. The Labute approximate surface area is 209 Å². The van der Waals surface area contributed by atoms with Gasteiger partial charge in [0.25, 0.3) is 11.8 Å². The van der Waals surface area contributed by atoms with Crippen LogP contribution in [-0.4, -0.2) is 38.1 Å². The third-order valence-corrected chi connectivity index (χ3v) is 5.91. The van der Waals surface area contributed by atoms with E-state index >= 15 is 0 Å². The van der Waals surface area contributed by atoms with Gasteiger partial charge in [-0.1, -0.05) is 12.1 Å². The summed E-state index contributed by atoms with van der Waals surface area (Å²) in [5.74, 6) is -0.456. The first-order chi connectivity index (χ1) is 17.2. The van der Waals surface area contributed by atoms with E-state index in [1.165, 1.54) is 23.6 Å². The van der Waals surface area contributed by atoms with Gasteiger partial charge in [0.2, 0.25) is 5.43 Å². The molecule has 4 aromatic rings. The summed E-state index contributed by atoms with van der Waals surface area (Å²) < 4.78 is 8.79. The second kappa shape index (κ2) is 10.5. The highest BCUT2D eigenvalue weighted by atomic mass is 16.3. The Kier molecular flexibility index (Phi) is 7.19. The maximum atomic E-state index is 13.3. The van der Waals surface area contributed by atoms with E-state index in [1.54, 1.807) is 41.5 Å². The molecule has 1 unspecified atom stereocenters. The van der Waals surface area contributed by atoms with E-state index in [2.05, 4.69) is 10.4 Å². The van der Waals surface area contributed by atoms with Gasteiger partial charge in [0.1, 0.15) is 16.9 Å². The van der Waals surface area contributed by atoms with Crippen LogP contribution in [0.3, 0.4) is 0 Å². The van der Waals surface area contributed by atoms with Crippen molar-refractivity contribution in [3.05, 3.63) is 106 Å². The number of nitrogens with zero attached hydrogens (tertiary/aromatic N) is 4. The highest BCUT2D eigenvalue weighted by Crippen LogP contribution is 2.15. The fraction of sp³-hybridized carbons (Fsp3) is 0.259. The summed E-state index contributed by atoms with van der Waals surface area (Å²) >= 11 is 0. The molecule has 0 saturated heterocycles. The molecule has 0 radical (unpaired) electrons. The molecule has 3 heterocycles. The summed E-state index contributed by atoms with van der Waals surface area (Å²) in [6, 6.07) is 12.5. The molecule has 2 amide bonds. The summed E-state index contributed by atoms with van der Waals surface area (Å²) in [4.78, 5) is 41.1. The molecule has 0 spiro atoms. The van der Waals surface area contributed by atoms with Crippen molar-refractivity contribution in [3.63, 3.8) is 0 Å². The van der Waals surface area contributed by atoms with Crippen LogP contribution in [0.4, 0.5) is 0 Å². The number of amides is 2. The van der Waals surface area contributed by atoms with Gasteiger partial charge in [-0.25, -0.2) is 4.68 Å². The van der Waals surface area contributed by atoms with E-state index < -0.39 is 23.3 Å². The van der Waals surface area contributed by atoms with Gasteiger partial charge >= 0.3 is 0 Å². The normalized spacial score (nSPS) is 11.9. The number of hydrogen-bond acceptors (Lipinski definition) is 5. The highest BCUT2D eigenvalue weighted by Gasteiger charge is 2.24. The molecule has 1 atom stereocenters. The van der Waals surface area contributed by atoms with Crippen molar-refractivity contribution in [2.45, 2.75) is 39.4 Å². The van der Waals surface area contributed by atoms with Crippen molar-refractivity contribution in [1.82, 2.24) is 24.6 Å². The van der Waals surface area contributed by atoms with E-state index in [4.69, 9.17) is 4.42 Å². The van der Waals surface area contributed by atoms with Gasteiger partial charge in [-0.05, 0) is 56.7 Å². The summed E-state index contributed by atoms with van der Waals surface area (Å²) in [5.41, 5.74) is 1.04. The lowest BCUT2D eigenvalue weighted by Crippen LogP contribution is -2.37. The zero-order valence-corrected chi connectivity index (χ0v) is 20.7. The number of benzene rings is 1. The molecular formula is C27H29N5O4. The average Bonchev–Trinajstić information content (AvgIpc) is 3.59. The van der Waals surface area contributed by atoms with E-state index in [0.717, 1.165) is 11.3 Å². The van der Waals surface area contributed by atoms with Crippen LogP contribution in [0.1, 0.15) is 64.9 Å². The summed E-state index contributed by atoms with van der Waals surface area (Å²) in [6.45, 7) is 5.89. The Morgan fingerprint density at radius 2 is 1.78 bits per heavy atom. The summed E-state index contributed by atoms with van der Waals surface area (Å²) in [6.07, 6.45) is 8.07. The molecule has 9 nitrogen and oxygen atoms in total. The smallest absolute Gasteiger partial charge is 0.259 e. The van der Waals surface area contributed by atoms with E-state index in [9.17, 15) is 14.4 Å². The Bertz CT molecular complexity index is 1390. The molecule has 9 heteroatoms. The van der Waals surface area contributed by atoms with E-state index in [1.807, 2.05) is 50.4 Å². The van der Waals surface area contributed by atoms with Crippen LogP contribution in [0, 0.1) is 0 Å². The monoisotopic (exact) mass is 487 g/mol. The van der Waals surface area contributed by atoms with Crippen molar-refractivity contribution in [1.29, 1.82) is 0 Å². The van der Waals surface area contributed by atoms with Gasteiger partial charge < -0.3 is 19.2 Å². The fourth-order valence-corrected chi connectivity index (χ4v) is 3.82. The van der Waals surface area contributed by atoms with E-state index in [-0.39, 0.29) is 17.2 Å². The Morgan fingerprint density at radius 3 is 2.39 bits per heavy atom. The van der Waals surface area contributed by atoms with Crippen LogP contribution in [-0.2, 0) is 6.54 Å². The van der Waals surface area contributed by atoms with Gasteiger partial charge in [-0.15, -0.1) is 0 Å². The molecule has 4 rings (SSSR count). The van der Waals surface area contributed by atoms with Gasteiger partial charge in [0.15, 0.2) is 0 Å². The number of carbonyl (C=O) groups excluding carboxylic acids is 2. The number of pyridine rings is 1. The predicted octanol–water partition coefficient (Wildman–Crippen LogP) is 3.97. The molecule has 3 aromatic heterocycles. The van der Waals surface area contributed by atoms with Crippen molar-refractivity contribution >= 4 is 11.8 Å². The van der Waals surface area contributed by atoms with Gasteiger partial charge in [-0.2, -0.15) is 5.10 Å². The number of aromatic nitrogens is 3. The van der Waals surface area contributed by atoms with Gasteiger partial charge in [-0.3, -0.25) is 14.4 Å². The van der Waals surface area contributed by atoms with E-state index in [0.29, 0.717) is 12.3 Å². The zero-order chi connectivity index (χ0) is 25.8. The molecular weight excluding hydrogens is 458 g/mol. The third-order valence-electron chi connectivity index (χ3n) is 5.91. The van der Waals surface area contributed by atoms with Gasteiger partial charge in [0, 0.05) is 44.4 Å². The second-order valence-corrected chi connectivity index (χ2v) is 8.94. The first-order valence-electron chi connectivity index (χ1n) is 11.7. The van der Waals surface area contributed by atoms with Crippen molar-refractivity contribution in [2.75, 3.05) is 7.05 Å². The molecule has 0 aliphatic heterocycles. The first-order valence-corrected chi connectivity index (χ1v) is 11.7. The molecule has 0 bridgehead atoms. The number of rotatable bonds is 8. The van der Waals surface area contributed by atoms with Crippen LogP contribution in [0.15, 0.2) is 82.7 Å². The van der Waals surface area contributed by atoms with Crippen molar-refractivity contribution < 1.29 is 14.0 Å². The molecule has 0 saturated carbocycles. The molecule has 186 valence electrons. The maximum absolute atomic E-state index is 13.3. The molecule has 1 aromatic carbocycles. The van der Waals surface area contributed by atoms with Crippen molar-refractivity contribution in [2.24, 2.45) is 0 Å². The lowest BCUT2D eigenvalue weighted by Gasteiger charge is -2.20. The number of carbonyl (C=O) groups is 2. The molecule has 1 N–H and O–H groups in total. The highest BCUT2D eigenvalue weighted by molar-refractivity contribution is 5.99. The van der Waals surface area contributed by atoms with Crippen molar-refractivity contribution in [3.8, 4) is 5.69 Å². The number of furan rings is 1. The SMILES string of the molecule is CC(NC(=O)c1cn(C(C)C)cc(C(=O)N(C)Cc2ccc(-n3cccn3)cc2)c1=O)c1ccco1. The average molecular weight is 488 g/mol. The minimum absolute atomic E-state index is 0.0577. The van der Waals surface area contributed by atoms with Crippen LogP contribution in [0.25, 0.3) is 5.69 Å². The molecule has 0 aliphatic rings. The standard InChI is InChI=1S/C27H29N5O4/c1-18(2)31-16-22(26(34)29-19(3)24-7-5-14-36-24)25(33)23(17-31)27(35)30(4)15-20-8-10-21(11-9-20)32-13-6-12-28-32/h5-14,16-19H,15H2,1-4H3,(H,29,34). The molecule has 0 aliphatic carbocycles. The van der Waals surface area contributed by atoms with Crippen LogP contribution in [0.2, 0.25) is 0 Å². The zero-order valence-electron chi connectivity index (χ0n) is 20.7. The van der Waals surface area contributed by atoms with Crippen LogP contribution < -0.4 is 10.7 Å². The van der Waals surface area contributed by atoms with Gasteiger partial charge in [0.05, 0.1) is 18.0 Å². The minimum atomic E-state index is -0.609.